The van der Waals surface area contributed by atoms with Gasteiger partial charge >= 0.3 is 0 Å². The van der Waals surface area contributed by atoms with Gasteiger partial charge in [0.1, 0.15) is 0 Å². The maximum Gasteiger partial charge on any atom is 0.0746 e. The summed E-state index contributed by atoms with van der Waals surface area (Å²) in [5.74, 6) is 0. The number of aromatic nitrogens is 1. The molecule has 0 amide bonds. The number of aliphatic hydroxyl groups excluding tert-OH is 1. The first-order chi connectivity index (χ1) is 12.8. The highest BCUT2D eigenvalue weighted by molar-refractivity contribution is 5.81. The molecule has 4 rings (SSSR count). The summed E-state index contributed by atoms with van der Waals surface area (Å²) in [6.07, 6.45) is 9.61. The van der Waals surface area contributed by atoms with E-state index >= 15 is 0 Å². The third-order valence-corrected chi connectivity index (χ3v) is 6.23. The Kier molecular flexibility index (Phi) is 5.83. The molecule has 0 bridgehead atoms. The Balaban J connectivity index is 1.46. The van der Waals surface area contributed by atoms with Crippen molar-refractivity contribution >= 4 is 10.9 Å². The SMILES string of the molecule is OCCC1CN(Cc2cccc3cccnc23)CCN1C1CCCCC1. The van der Waals surface area contributed by atoms with E-state index in [0.29, 0.717) is 6.04 Å². The number of rotatable bonds is 5. The summed E-state index contributed by atoms with van der Waals surface area (Å²) in [6.45, 7) is 4.54. The number of para-hydroxylation sites is 1. The maximum atomic E-state index is 9.60. The molecule has 0 radical (unpaired) electrons. The van der Waals surface area contributed by atoms with Crippen molar-refractivity contribution in [3.63, 3.8) is 0 Å². The van der Waals surface area contributed by atoms with Crippen LogP contribution in [0.3, 0.4) is 0 Å². The molecule has 1 aliphatic heterocycles. The second-order valence-corrected chi connectivity index (χ2v) is 7.92. The molecule has 2 aliphatic rings. The largest absolute Gasteiger partial charge is 0.396 e. The molecule has 26 heavy (non-hydrogen) atoms. The molecule has 1 aromatic heterocycles. The van der Waals surface area contributed by atoms with E-state index in [-0.39, 0.29) is 6.61 Å². The molecule has 2 heterocycles. The number of pyridine rings is 1. The highest BCUT2D eigenvalue weighted by Crippen LogP contribution is 2.28. The van der Waals surface area contributed by atoms with Crippen LogP contribution < -0.4 is 0 Å². The van der Waals surface area contributed by atoms with E-state index in [0.717, 1.165) is 44.2 Å². The fourth-order valence-corrected chi connectivity index (χ4v) is 4.91. The zero-order chi connectivity index (χ0) is 17.8. The Morgan fingerprint density at radius 2 is 1.88 bits per heavy atom. The van der Waals surface area contributed by atoms with Crippen molar-refractivity contribution in [2.45, 2.75) is 57.2 Å². The fourth-order valence-electron chi connectivity index (χ4n) is 4.91. The summed E-state index contributed by atoms with van der Waals surface area (Å²) in [5, 5.41) is 10.8. The number of fused-ring (bicyclic) bond motifs is 1. The Bertz CT molecular complexity index is 708. The van der Waals surface area contributed by atoms with Crippen molar-refractivity contribution in [3.05, 3.63) is 42.1 Å². The van der Waals surface area contributed by atoms with Gasteiger partial charge in [-0.3, -0.25) is 14.8 Å². The summed E-state index contributed by atoms with van der Waals surface area (Å²) in [6, 6.07) is 11.9. The maximum absolute atomic E-state index is 9.60. The molecule has 4 nitrogen and oxygen atoms in total. The van der Waals surface area contributed by atoms with Crippen molar-refractivity contribution in [3.8, 4) is 0 Å². The van der Waals surface area contributed by atoms with E-state index < -0.39 is 0 Å². The molecule has 1 unspecified atom stereocenters. The predicted molar refractivity (Wildman–Crippen MR) is 106 cm³/mol. The second-order valence-electron chi connectivity index (χ2n) is 7.92. The lowest BCUT2D eigenvalue weighted by atomic mass is 9.91. The fraction of sp³-hybridized carbons (Fsp3) is 0.591. The lowest BCUT2D eigenvalue weighted by molar-refractivity contribution is 0.0138. The zero-order valence-corrected chi connectivity index (χ0v) is 15.7. The molecule has 1 N–H and O–H groups in total. The van der Waals surface area contributed by atoms with Gasteiger partial charge in [0.15, 0.2) is 0 Å². The van der Waals surface area contributed by atoms with Crippen molar-refractivity contribution < 1.29 is 5.11 Å². The Morgan fingerprint density at radius 3 is 2.73 bits per heavy atom. The molecular formula is C22H31N3O. The van der Waals surface area contributed by atoms with E-state index in [1.54, 1.807) is 0 Å². The van der Waals surface area contributed by atoms with Gasteiger partial charge in [-0.25, -0.2) is 0 Å². The van der Waals surface area contributed by atoms with E-state index in [4.69, 9.17) is 0 Å². The van der Waals surface area contributed by atoms with Crippen LogP contribution in [0.2, 0.25) is 0 Å². The molecule has 2 aromatic rings. The lowest BCUT2D eigenvalue weighted by Gasteiger charge is -2.46. The normalized spacial score (nSPS) is 23.5. The molecule has 1 aliphatic carbocycles. The molecule has 0 spiro atoms. The van der Waals surface area contributed by atoms with Crippen LogP contribution in [0.1, 0.15) is 44.1 Å². The van der Waals surface area contributed by atoms with Crippen LogP contribution in [0, 0.1) is 0 Å². The van der Waals surface area contributed by atoms with Gasteiger partial charge in [0.25, 0.3) is 0 Å². The number of aliphatic hydroxyl groups is 1. The number of piperazine rings is 1. The summed E-state index contributed by atoms with van der Waals surface area (Å²) < 4.78 is 0. The Morgan fingerprint density at radius 1 is 1.04 bits per heavy atom. The van der Waals surface area contributed by atoms with Gasteiger partial charge in [-0.15, -0.1) is 0 Å². The molecule has 1 saturated heterocycles. The van der Waals surface area contributed by atoms with E-state index in [9.17, 15) is 5.11 Å². The van der Waals surface area contributed by atoms with Gasteiger partial charge in [-0.2, -0.15) is 0 Å². The molecule has 140 valence electrons. The van der Waals surface area contributed by atoms with Crippen LogP contribution in [0.5, 0.6) is 0 Å². The van der Waals surface area contributed by atoms with Gasteiger partial charge in [0.05, 0.1) is 5.52 Å². The minimum absolute atomic E-state index is 0.289. The van der Waals surface area contributed by atoms with Crippen molar-refractivity contribution in [1.82, 2.24) is 14.8 Å². The molecule has 2 fully saturated rings. The number of benzene rings is 1. The highest BCUT2D eigenvalue weighted by atomic mass is 16.3. The third-order valence-electron chi connectivity index (χ3n) is 6.23. The second kappa shape index (κ2) is 8.47. The van der Waals surface area contributed by atoms with E-state index in [2.05, 4.69) is 39.0 Å². The average Bonchev–Trinajstić information content (AvgIpc) is 2.69. The smallest absolute Gasteiger partial charge is 0.0746 e. The van der Waals surface area contributed by atoms with Crippen molar-refractivity contribution in [1.29, 1.82) is 0 Å². The minimum atomic E-state index is 0.289. The first kappa shape index (κ1) is 17.9. The van der Waals surface area contributed by atoms with Crippen LogP contribution in [0.4, 0.5) is 0 Å². The van der Waals surface area contributed by atoms with Crippen LogP contribution in [-0.4, -0.2) is 58.2 Å². The molecule has 1 atom stereocenters. The summed E-state index contributed by atoms with van der Waals surface area (Å²) in [7, 11) is 0. The molecule has 4 heteroatoms. The topological polar surface area (TPSA) is 39.6 Å². The minimum Gasteiger partial charge on any atom is -0.396 e. The van der Waals surface area contributed by atoms with Gasteiger partial charge < -0.3 is 5.11 Å². The monoisotopic (exact) mass is 353 g/mol. The molecule has 1 saturated carbocycles. The standard InChI is InChI=1S/C22H31N3O/c26-15-11-21-17-24(13-14-25(21)20-9-2-1-3-10-20)16-19-7-4-6-18-8-5-12-23-22(18)19/h4-8,12,20-21,26H,1-3,9-11,13-17H2. The van der Waals surface area contributed by atoms with E-state index in [1.165, 1.54) is 43.1 Å². The van der Waals surface area contributed by atoms with Crippen LogP contribution in [-0.2, 0) is 6.54 Å². The Labute approximate surface area is 156 Å². The quantitative estimate of drug-likeness (QED) is 0.894. The Hall–Kier alpha value is -1.49. The summed E-state index contributed by atoms with van der Waals surface area (Å²) >= 11 is 0. The first-order valence-corrected chi connectivity index (χ1v) is 10.3. The number of nitrogens with zero attached hydrogens (tertiary/aromatic N) is 3. The van der Waals surface area contributed by atoms with Crippen molar-refractivity contribution in [2.24, 2.45) is 0 Å². The summed E-state index contributed by atoms with van der Waals surface area (Å²) in [5.41, 5.74) is 2.44. The van der Waals surface area contributed by atoms with Crippen LogP contribution in [0.15, 0.2) is 36.5 Å². The van der Waals surface area contributed by atoms with Gasteiger partial charge in [0, 0.05) is 56.5 Å². The molecule has 1 aromatic carbocycles. The van der Waals surface area contributed by atoms with Crippen molar-refractivity contribution in [2.75, 3.05) is 26.2 Å². The van der Waals surface area contributed by atoms with Crippen LogP contribution >= 0.6 is 0 Å². The summed E-state index contributed by atoms with van der Waals surface area (Å²) in [4.78, 5) is 9.89. The predicted octanol–water partition coefficient (Wildman–Crippen LogP) is 3.44. The van der Waals surface area contributed by atoms with Crippen LogP contribution in [0.25, 0.3) is 10.9 Å². The number of hydrogen-bond acceptors (Lipinski definition) is 4. The lowest BCUT2D eigenvalue weighted by Crippen LogP contribution is -2.56. The average molecular weight is 354 g/mol. The van der Waals surface area contributed by atoms with E-state index in [1.807, 2.05) is 12.3 Å². The van der Waals surface area contributed by atoms with Gasteiger partial charge in [0.2, 0.25) is 0 Å². The first-order valence-electron chi connectivity index (χ1n) is 10.3. The zero-order valence-electron chi connectivity index (χ0n) is 15.7. The molecular weight excluding hydrogens is 322 g/mol. The van der Waals surface area contributed by atoms with Gasteiger partial charge in [-0.05, 0) is 30.9 Å². The third kappa shape index (κ3) is 3.93. The number of hydrogen-bond donors (Lipinski definition) is 1. The highest BCUT2D eigenvalue weighted by Gasteiger charge is 2.32. The van der Waals surface area contributed by atoms with Gasteiger partial charge in [-0.1, -0.05) is 43.5 Å².